The second-order valence-electron chi connectivity index (χ2n) is 10.0. The Hall–Kier alpha value is -5.09. The molecule has 0 radical (unpaired) electrons. The molecule has 40 heavy (non-hydrogen) atoms. The minimum absolute atomic E-state index is 0.0823. The second kappa shape index (κ2) is 10.2. The molecule has 4 N–H and O–H groups in total. The highest BCUT2D eigenvalue weighted by Gasteiger charge is 2.35. The lowest BCUT2D eigenvalue weighted by Gasteiger charge is -2.21. The van der Waals surface area contributed by atoms with Crippen LogP contribution < -0.4 is 16.0 Å². The zero-order chi connectivity index (χ0) is 27.7. The fourth-order valence-corrected chi connectivity index (χ4v) is 4.76. The summed E-state index contributed by atoms with van der Waals surface area (Å²) in [6.07, 6.45) is 3.31. The molecule has 0 saturated carbocycles. The fraction of sp³-hybridized carbons (Fsp3) is 0.167. The molecule has 3 aromatic heterocycles. The van der Waals surface area contributed by atoms with E-state index in [1.54, 1.807) is 18.5 Å². The molecule has 10 nitrogen and oxygen atoms in total. The summed E-state index contributed by atoms with van der Waals surface area (Å²) in [5.74, 6) is 1.09. The largest absolute Gasteiger partial charge is 0.394 e. The Morgan fingerprint density at radius 3 is 2.60 bits per heavy atom. The fourth-order valence-electron chi connectivity index (χ4n) is 4.76. The summed E-state index contributed by atoms with van der Waals surface area (Å²) in [7, 11) is 0. The van der Waals surface area contributed by atoms with Crippen LogP contribution in [0.4, 0.5) is 17.2 Å². The van der Waals surface area contributed by atoms with Gasteiger partial charge >= 0.3 is 0 Å². The van der Waals surface area contributed by atoms with Gasteiger partial charge in [0.25, 0.3) is 11.8 Å². The molecule has 0 unspecified atom stereocenters. The highest BCUT2D eigenvalue weighted by atomic mass is 16.5. The molecule has 5 aromatic rings. The molecule has 0 aliphatic carbocycles. The van der Waals surface area contributed by atoms with Gasteiger partial charge in [0.1, 0.15) is 11.5 Å². The van der Waals surface area contributed by atoms with Crippen molar-refractivity contribution in [3.63, 3.8) is 0 Å². The predicted molar refractivity (Wildman–Crippen MR) is 151 cm³/mol. The van der Waals surface area contributed by atoms with Gasteiger partial charge in [-0.05, 0) is 55.3 Å². The van der Waals surface area contributed by atoms with Crippen LogP contribution in [0, 0.1) is 0 Å². The summed E-state index contributed by atoms with van der Waals surface area (Å²) in [6, 6.07) is 22.2. The number of amides is 1. The number of aliphatic hydroxyl groups excluding tert-OH is 1. The minimum Gasteiger partial charge on any atom is -0.394 e. The normalized spacial score (nSPS) is 14.3. The van der Waals surface area contributed by atoms with E-state index >= 15 is 0 Å². The van der Waals surface area contributed by atoms with E-state index in [1.165, 1.54) is 0 Å². The molecule has 6 rings (SSSR count). The minimum atomic E-state index is -0.471. The van der Waals surface area contributed by atoms with Gasteiger partial charge in [-0.1, -0.05) is 41.6 Å². The Kier molecular flexibility index (Phi) is 6.45. The Bertz CT molecular complexity index is 1670. The lowest BCUT2D eigenvalue weighted by molar-refractivity contribution is 0.0940. The summed E-state index contributed by atoms with van der Waals surface area (Å²) >= 11 is 0. The van der Waals surface area contributed by atoms with Crippen molar-refractivity contribution in [1.29, 1.82) is 0 Å². The maximum atomic E-state index is 12.3. The first-order valence-electron chi connectivity index (χ1n) is 12.8. The van der Waals surface area contributed by atoms with Crippen LogP contribution in [0.1, 0.15) is 41.4 Å². The Morgan fingerprint density at radius 2 is 1.82 bits per heavy atom. The average Bonchev–Trinajstić information content (AvgIpc) is 3.55. The van der Waals surface area contributed by atoms with Gasteiger partial charge in [0, 0.05) is 29.7 Å². The molecule has 1 aliphatic heterocycles. The number of anilines is 3. The number of aromatic nitrogens is 4. The van der Waals surface area contributed by atoms with E-state index in [4.69, 9.17) is 4.52 Å². The zero-order valence-electron chi connectivity index (χ0n) is 21.9. The van der Waals surface area contributed by atoms with Crippen molar-refractivity contribution in [2.75, 3.05) is 17.2 Å². The van der Waals surface area contributed by atoms with Gasteiger partial charge in [-0.2, -0.15) is 4.98 Å². The van der Waals surface area contributed by atoms with Gasteiger partial charge in [-0.15, -0.1) is 0 Å². The van der Waals surface area contributed by atoms with Crippen LogP contribution in [0.25, 0.3) is 23.0 Å². The van der Waals surface area contributed by atoms with Crippen molar-refractivity contribution in [3.8, 4) is 23.0 Å². The van der Waals surface area contributed by atoms with Crippen LogP contribution in [-0.4, -0.2) is 37.7 Å². The van der Waals surface area contributed by atoms with Crippen molar-refractivity contribution in [2.24, 2.45) is 0 Å². The third-order valence-electron chi connectivity index (χ3n) is 6.80. The smallest absolute Gasteiger partial charge is 0.261 e. The van der Waals surface area contributed by atoms with Gasteiger partial charge in [-0.25, -0.2) is 4.98 Å². The summed E-state index contributed by atoms with van der Waals surface area (Å²) in [4.78, 5) is 25.8. The molecule has 2 aromatic carbocycles. The SMILES string of the molecule is CC1(C)NC(=O)c2ccc(Nc3cc(N[C@H](CO)c4ccccc4)c(-c4nc(-c5ccccn5)no4)cn3)cc21. The van der Waals surface area contributed by atoms with E-state index in [1.807, 2.05) is 80.6 Å². The van der Waals surface area contributed by atoms with Crippen molar-refractivity contribution in [1.82, 2.24) is 25.4 Å². The third-order valence-corrected chi connectivity index (χ3v) is 6.80. The second-order valence-corrected chi connectivity index (χ2v) is 10.0. The van der Waals surface area contributed by atoms with Crippen molar-refractivity contribution < 1.29 is 14.4 Å². The van der Waals surface area contributed by atoms with Crippen LogP contribution in [0.15, 0.2) is 89.7 Å². The maximum Gasteiger partial charge on any atom is 0.261 e. The summed E-state index contributed by atoms with van der Waals surface area (Å²) in [6.45, 7) is 3.80. The molecule has 1 atom stereocenters. The monoisotopic (exact) mass is 533 g/mol. The molecule has 0 saturated heterocycles. The van der Waals surface area contributed by atoms with E-state index in [-0.39, 0.29) is 18.4 Å². The first-order chi connectivity index (χ1) is 19.4. The molecule has 1 amide bonds. The van der Waals surface area contributed by atoms with Crippen LogP contribution in [0.3, 0.4) is 0 Å². The van der Waals surface area contributed by atoms with E-state index in [2.05, 4.69) is 36.1 Å². The van der Waals surface area contributed by atoms with Gasteiger partial charge in [0.05, 0.1) is 29.4 Å². The first kappa shape index (κ1) is 25.2. The standard InChI is InChI=1S/C30H27N7O3/c1-30(2)22-14-19(11-12-20(22)28(39)36-30)33-26-15-24(34-25(17-38)18-8-4-3-5-9-18)21(16-32-26)29-35-27(37-40-29)23-10-6-7-13-31-23/h3-16,25,38H,17H2,1-2H3,(H,36,39)(H2,32,33,34)/t25-/m1/s1. The molecule has 10 heteroatoms. The van der Waals surface area contributed by atoms with Crippen LogP contribution >= 0.6 is 0 Å². The van der Waals surface area contributed by atoms with E-state index in [0.717, 1.165) is 16.8 Å². The number of benzene rings is 2. The lowest BCUT2D eigenvalue weighted by atomic mass is 9.94. The molecule has 0 fully saturated rings. The molecule has 0 spiro atoms. The number of hydrogen-bond donors (Lipinski definition) is 4. The maximum absolute atomic E-state index is 12.3. The number of fused-ring (bicyclic) bond motifs is 1. The third kappa shape index (κ3) is 4.87. The van der Waals surface area contributed by atoms with Crippen molar-refractivity contribution in [3.05, 3.63) is 102 Å². The summed E-state index contributed by atoms with van der Waals surface area (Å²) in [5.41, 5.74) is 4.59. The van der Waals surface area contributed by atoms with Crippen LogP contribution in [0.2, 0.25) is 0 Å². The van der Waals surface area contributed by atoms with E-state index in [9.17, 15) is 9.90 Å². The molecular formula is C30H27N7O3. The number of carbonyl (C=O) groups is 1. The number of hydrogen-bond acceptors (Lipinski definition) is 9. The molecule has 200 valence electrons. The summed E-state index contributed by atoms with van der Waals surface area (Å²) < 4.78 is 5.61. The molecule has 4 heterocycles. The Balaban J connectivity index is 1.36. The van der Waals surface area contributed by atoms with E-state index < -0.39 is 11.6 Å². The highest BCUT2D eigenvalue weighted by Crippen LogP contribution is 2.35. The number of nitrogens with zero attached hydrogens (tertiary/aromatic N) is 4. The van der Waals surface area contributed by atoms with Gasteiger partial charge in [0.2, 0.25) is 5.82 Å². The predicted octanol–water partition coefficient (Wildman–Crippen LogP) is 5.06. The molecule has 1 aliphatic rings. The number of aliphatic hydroxyl groups is 1. The number of pyridine rings is 2. The molecular weight excluding hydrogens is 506 g/mol. The number of carbonyl (C=O) groups excluding carboxylic acids is 1. The molecule has 0 bridgehead atoms. The van der Waals surface area contributed by atoms with E-state index in [0.29, 0.717) is 34.2 Å². The van der Waals surface area contributed by atoms with Crippen molar-refractivity contribution in [2.45, 2.75) is 25.4 Å². The van der Waals surface area contributed by atoms with Gasteiger partial charge in [0.15, 0.2) is 0 Å². The lowest BCUT2D eigenvalue weighted by Crippen LogP contribution is -2.32. The summed E-state index contributed by atoms with van der Waals surface area (Å²) in [5, 5.41) is 24.1. The quantitative estimate of drug-likeness (QED) is 0.216. The number of rotatable bonds is 8. The van der Waals surface area contributed by atoms with Gasteiger partial charge in [-0.3, -0.25) is 9.78 Å². The average molecular weight is 534 g/mol. The highest BCUT2D eigenvalue weighted by molar-refractivity contribution is 6.00. The van der Waals surface area contributed by atoms with Crippen LogP contribution in [-0.2, 0) is 5.54 Å². The van der Waals surface area contributed by atoms with Gasteiger partial charge < -0.3 is 25.6 Å². The first-order valence-corrected chi connectivity index (χ1v) is 12.8. The van der Waals surface area contributed by atoms with Crippen molar-refractivity contribution >= 4 is 23.1 Å². The van der Waals surface area contributed by atoms with Crippen LogP contribution in [0.5, 0.6) is 0 Å². The Labute approximate surface area is 230 Å². The Morgan fingerprint density at radius 1 is 1.00 bits per heavy atom. The zero-order valence-corrected chi connectivity index (χ0v) is 21.9. The number of nitrogens with one attached hydrogen (secondary N) is 3. The topological polar surface area (TPSA) is 138 Å².